The van der Waals surface area contributed by atoms with Crippen molar-refractivity contribution >= 4 is 17.4 Å². The fraction of sp³-hybridized carbons (Fsp3) is 0.545. The molecule has 0 fully saturated rings. The fourth-order valence-electron chi connectivity index (χ4n) is 1.45. The molecule has 90 valence electrons. The number of pyridine rings is 1. The molecule has 0 amide bonds. The van der Waals surface area contributed by atoms with Crippen LogP contribution in [0.5, 0.6) is 0 Å². The van der Waals surface area contributed by atoms with Crippen LogP contribution in [0.2, 0.25) is 5.02 Å². The van der Waals surface area contributed by atoms with Gasteiger partial charge in [0.1, 0.15) is 0 Å². The zero-order valence-corrected chi connectivity index (χ0v) is 10.3. The summed E-state index contributed by atoms with van der Waals surface area (Å²) in [6.45, 7) is 4.67. The van der Waals surface area contributed by atoms with E-state index in [2.05, 4.69) is 24.1 Å². The van der Waals surface area contributed by atoms with E-state index in [1.807, 2.05) is 0 Å². The van der Waals surface area contributed by atoms with E-state index < -0.39 is 5.82 Å². The number of nitrogens with two attached hydrogens (primary N) is 1. The Balaban J connectivity index is 2.77. The highest BCUT2D eigenvalue weighted by atomic mass is 35.5. The van der Waals surface area contributed by atoms with E-state index in [-0.39, 0.29) is 11.9 Å². The summed E-state index contributed by atoms with van der Waals surface area (Å²) in [5.74, 6) is 0.159. The highest BCUT2D eigenvalue weighted by molar-refractivity contribution is 6.30. The fourth-order valence-corrected chi connectivity index (χ4v) is 1.59. The smallest absolute Gasteiger partial charge is 0.166 e. The van der Waals surface area contributed by atoms with Crippen molar-refractivity contribution in [1.29, 1.82) is 0 Å². The zero-order valence-electron chi connectivity index (χ0n) is 9.50. The lowest BCUT2D eigenvalue weighted by Crippen LogP contribution is -2.29. The molecule has 0 saturated heterocycles. The highest BCUT2D eigenvalue weighted by Gasteiger charge is 2.15. The summed E-state index contributed by atoms with van der Waals surface area (Å²) >= 11 is 5.63. The summed E-state index contributed by atoms with van der Waals surface area (Å²) < 4.78 is 13.5. The van der Waals surface area contributed by atoms with Gasteiger partial charge in [-0.1, -0.05) is 25.4 Å². The van der Waals surface area contributed by atoms with E-state index in [1.165, 1.54) is 12.3 Å². The highest BCUT2D eigenvalue weighted by Crippen LogP contribution is 2.18. The lowest BCUT2D eigenvalue weighted by molar-refractivity contribution is 0.493. The van der Waals surface area contributed by atoms with Crippen LogP contribution in [0.25, 0.3) is 0 Å². The first-order valence-corrected chi connectivity index (χ1v) is 5.70. The number of nitrogens with zero attached hydrogens (tertiary/aromatic N) is 1. The van der Waals surface area contributed by atoms with E-state index in [4.69, 9.17) is 17.3 Å². The standard InChI is InChI=1S/C11H17ClFN3/c1-7(2)10(3-4-14)16-11-9(13)5-8(12)6-15-11/h5-7,10H,3-4,14H2,1-2H3,(H,15,16). The summed E-state index contributed by atoms with van der Waals surface area (Å²) in [5.41, 5.74) is 5.51. The van der Waals surface area contributed by atoms with Crippen LogP contribution in [-0.4, -0.2) is 17.6 Å². The minimum absolute atomic E-state index is 0.119. The topological polar surface area (TPSA) is 50.9 Å². The molecule has 0 aliphatic heterocycles. The van der Waals surface area contributed by atoms with E-state index in [9.17, 15) is 4.39 Å². The maximum atomic E-state index is 13.5. The van der Waals surface area contributed by atoms with Crippen molar-refractivity contribution in [3.8, 4) is 0 Å². The van der Waals surface area contributed by atoms with Crippen LogP contribution in [0.4, 0.5) is 10.2 Å². The van der Waals surface area contributed by atoms with Gasteiger partial charge < -0.3 is 11.1 Å². The predicted molar refractivity (Wildman–Crippen MR) is 65.1 cm³/mol. The number of aromatic nitrogens is 1. The van der Waals surface area contributed by atoms with Crippen molar-refractivity contribution in [3.63, 3.8) is 0 Å². The second kappa shape index (κ2) is 6.01. The molecule has 0 aliphatic rings. The Hall–Kier alpha value is -0.870. The van der Waals surface area contributed by atoms with Gasteiger partial charge in [-0.3, -0.25) is 0 Å². The number of hydrogen-bond acceptors (Lipinski definition) is 3. The van der Waals surface area contributed by atoms with Gasteiger partial charge in [0.15, 0.2) is 11.6 Å². The van der Waals surface area contributed by atoms with Gasteiger partial charge in [-0.2, -0.15) is 0 Å². The lowest BCUT2D eigenvalue weighted by atomic mass is 10.0. The van der Waals surface area contributed by atoms with Crippen molar-refractivity contribution in [1.82, 2.24) is 4.98 Å². The molecule has 3 N–H and O–H groups in total. The quantitative estimate of drug-likeness (QED) is 0.839. The summed E-state index contributed by atoms with van der Waals surface area (Å²) in [5, 5.41) is 3.34. The minimum Gasteiger partial charge on any atom is -0.365 e. The molecule has 0 aromatic carbocycles. The average molecular weight is 246 g/mol. The third kappa shape index (κ3) is 3.61. The third-order valence-electron chi connectivity index (χ3n) is 2.41. The molecule has 0 radical (unpaired) electrons. The van der Waals surface area contributed by atoms with Crippen molar-refractivity contribution < 1.29 is 4.39 Å². The van der Waals surface area contributed by atoms with E-state index in [0.717, 1.165) is 6.42 Å². The third-order valence-corrected chi connectivity index (χ3v) is 2.62. The molecule has 0 saturated carbocycles. The Kier molecular flexibility index (Phi) is 4.96. The van der Waals surface area contributed by atoms with Gasteiger partial charge in [-0.25, -0.2) is 9.37 Å². The second-order valence-electron chi connectivity index (χ2n) is 4.06. The largest absolute Gasteiger partial charge is 0.365 e. The maximum absolute atomic E-state index is 13.5. The number of halogens is 2. The second-order valence-corrected chi connectivity index (χ2v) is 4.49. The number of rotatable bonds is 5. The first-order chi connectivity index (χ1) is 7.54. The van der Waals surface area contributed by atoms with Crippen LogP contribution in [0.3, 0.4) is 0 Å². The van der Waals surface area contributed by atoms with Crippen LogP contribution in [0.1, 0.15) is 20.3 Å². The first-order valence-electron chi connectivity index (χ1n) is 5.32. The normalized spacial score (nSPS) is 12.9. The Bertz CT molecular complexity index is 344. The molecular weight excluding hydrogens is 229 g/mol. The predicted octanol–water partition coefficient (Wildman–Crippen LogP) is 2.66. The number of hydrogen-bond donors (Lipinski definition) is 2. The maximum Gasteiger partial charge on any atom is 0.166 e. The van der Waals surface area contributed by atoms with Crippen LogP contribution in [-0.2, 0) is 0 Å². The van der Waals surface area contributed by atoms with Gasteiger partial charge in [-0.05, 0) is 24.9 Å². The molecule has 1 unspecified atom stereocenters. The molecule has 5 heteroatoms. The van der Waals surface area contributed by atoms with E-state index in [0.29, 0.717) is 17.5 Å². The molecule has 1 atom stereocenters. The van der Waals surface area contributed by atoms with Crippen LogP contribution < -0.4 is 11.1 Å². The average Bonchev–Trinajstić information content (AvgIpc) is 2.20. The van der Waals surface area contributed by atoms with Crippen LogP contribution in [0.15, 0.2) is 12.3 Å². The molecule has 16 heavy (non-hydrogen) atoms. The monoisotopic (exact) mass is 245 g/mol. The molecule has 0 bridgehead atoms. The Morgan fingerprint density at radius 1 is 1.56 bits per heavy atom. The van der Waals surface area contributed by atoms with Crippen molar-refractivity contribution in [2.45, 2.75) is 26.3 Å². The molecular formula is C11H17ClFN3. The molecule has 1 aromatic rings. The molecule has 0 spiro atoms. The van der Waals surface area contributed by atoms with Gasteiger partial charge in [0, 0.05) is 12.2 Å². The van der Waals surface area contributed by atoms with Crippen molar-refractivity contribution in [3.05, 3.63) is 23.1 Å². The van der Waals surface area contributed by atoms with Crippen LogP contribution >= 0.6 is 11.6 Å². The van der Waals surface area contributed by atoms with Gasteiger partial charge in [-0.15, -0.1) is 0 Å². The summed E-state index contributed by atoms with van der Waals surface area (Å²) in [7, 11) is 0. The van der Waals surface area contributed by atoms with Gasteiger partial charge in [0.05, 0.1) is 5.02 Å². The lowest BCUT2D eigenvalue weighted by Gasteiger charge is -2.22. The first kappa shape index (κ1) is 13.2. The summed E-state index contributed by atoms with van der Waals surface area (Å²) in [6.07, 6.45) is 2.20. The zero-order chi connectivity index (χ0) is 12.1. The minimum atomic E-state index is -0.435. The van der Waals surface area contributed by atoms with Crippen LogP contribution in [0, 0.1) is 11.7 Å². The molecule has 3 nitrogen and oxygen atoms in total. The van der Waals surface area contributed by atoms with Gasteiger partial charge >= 0.3 is 0 Å². The molecule has 1 rings (SSSR count). The molecule has 1 heterocycles. The Morgan fingerprint density at radius 2 is 2.25 bits per heavy atom. The molecule has 0 aliphatic carbocycles. The summed E-state index contributed by atoms with van der Waals surface area (Å²) in [4.78, 5) is 3.92. The van der Waals surface area contributed by atoms with E-state index >= 15 is 0 Å². The SMILES string of the molecule is CC(C)C(CCN)Nc1ncc(Cl)cc1F. The number of nitrogens with one attached hydrogen (secondary N) is 1. The Labute approximate surface area is 100 Å². The van der Waals surface area contributed by atoms with Gasteiger partial charge in [0.2, 0.25) is 0 Å². The van der Waals surface area contributed by atoms with Gasteiger partial charge in [0.25, 0.3) is 0 Å². The van der Waals surface area contributed by atoms with Crippen molar-refractivity contribution in [2.75, 3.05) is 11.9 Å². The van der Waals surface area contributed by atoms with Crippen molar-refractivity contribution in [2.24, 2.45) is 11.7 Å². The Morgan fingerprint density at radius 3 is 2.75 bits per heavy atom. The van der Waals surface area contributed by atoms with E-state index in [1.54, 1.807) is 0 Å². The molecule has 1 aromatic heterocycles. The summed E-state index contributed by atoms with van der Waals surface area (Å²) in [6, 6.07) is 1.37. The number of anilines is 1.